The van der Waals surface area contributed by atoms with Crippen LogP contribution in [0.4, 0.5) is 5.69 Å². The highest BCUT2D eigenvalue weighted by molar-refractivity contribution is 6.31. The number of aliphatic imine (C=N–C) groups is 1. The van der Waals surface area contributed by atoms with Gasteiger partial charge in [-0.15, -0.1) is 0 Å². The van der Waals surface area contributed by atoms with Crippen molar-refractivity contribution in [1.82, 2.24) is 4.98 Å². The van der Waals surface area contributed by atoms with Gasteiger partial charge in [0.05, 0.1) is 0 Å². The van der Waals surface area contributed by atoms with Crippen LogP contribution in [0.5, 0.6) is 11.5 Å². The molecule has 108 valence electrons. The fraction of sp³-hybridized carbons (Fsp3) is 0. The van der Waals surface area contributed by atoms with Crippen molar-refractivity contribution >= 4 is 23.5 Å². The lowest BCUT2D eigenvalue weighted by molar-refractivity contribution is 0.482. The highest BCUT2D eigenvalue weighted by Crippen LogP contribution is 2.22. The zero-order valence-corrected chi connectivity index (χ0v) is 12.4. The molecule has 0 aliphatic carbocycles. The minimum absolute atomic E-state index is 0.391. The number of halogens is 1. The van der Waals surface area contributed by atoms with Crippen molar-refractivity contribution in [3.63, 3.8) is 0 Å². The van der Waals surface area contributed by atoms with Crippen molar-refractivity contribution in [3.05, 3.63) is 83.6 Å². The molecule has 0 bridgehead atoms. The zero-order valence-electron chi connectivity index (χ0n) is 11.7. The number of aromatic nitrogens is 1. The third-order valence-electron chi connectivity index (χ3n) is 2.95. The number of ether oxygens (including phenoxy) is 1. The molecule has 0 radical (unpaired) electrons. The molecule has 2 aromatic carbocycles. The Morgan fingerprint density at radius 1 is 0.864 bits per heavy atom. The summed E-state index contributed by atoms with van der Waals surface area (Å²) in [5, 5.41) is 0.391. The molecule has 0 spiro atoms. The molecule has 0 amide bonds. The topological polar surface area (TPSA) is 34.5 Å². The Hall–Kier alpha value is -2.65. The third kappa shape index (κ3) is 3.71. The largest absolute Gasteiger partial charge is 0.457 e. The van der Waals surface area contributed by atoms with E-state index in [4.69, 9.17) is 16.3 Å². The second kappa shape index (κ2) is 6.87. The average Bonchev–Trinajstić information content (AvgIpc) is 2.56. The molecule has 0 aliphatic rings. The van der Waals surface area contributed by atoms with Gasteiger partial charge < -0.3 is 4.74 Å². The first-order valence-corrected chi connectivity index (χ1v) is 7.16. The van der Waals surface area contributed by atoms with Gasteiger partial charge in [0.1, 0.15) is 17.2 Å². The first kappa shape index (κ1) is 14.3. The Labute approximate surface area is 133 Å². The van der Waals surface area contributed by atoms with E-state index in [1.165, 1.54) is 0 Å². The van der Waals surface area contributed by atoms with E-state index in [0.29, 0.717) is 10.8 Å². The van der Waals surface area contributed by atoms with E-state index in [1.807, 2.05) is 60.7 Å². The van der Waals surface area contributed by atoms with Gasteiger partial charge in [0.25, 0.3) is 0 Å². The molecule has 1 aromatic heterocycles. The summed E-state index contributed by atoms with van der Waals surface area (Å²) in [6.07, 6.45) is 3.38. The maximum Gasteiger partial charge on any atom is 0.154 e. The van der Waals surface area contributed by atoms with Crippen LogP contribution in [0, 0.1) is 0 Å². The molecule has 0 saturated heterocycles. The Balaban J connectivity index is 1.71. The molecule has 0 saturated carbocycles. The van der Waals surface area contributed by atoms with Gasteiger partial charge in [-0.25, -0.2) is 4.98 Å². The normalized spacial score (nSPS) is 10.8. The SMILES string of the molecule is Clc1ncccc1N=Cc1ccc(Oc2ccccc2)cc1. The van der Waals surface area contributed by atoms with Crippen LogP contribution < -0.4 is 4.74 Å². The number of hydrogen-bond acceptors (Lipinski definition) is 3. The summed E-state index contributed by atoms with van der Waals surface area (Å²) in [4.78, 5) is 8.31. The number of benzene rings is 2. The van der Waals surface area contributed by atoms with Crippen LogP contribution in [0.2, 0.25) is 5.15 Å². The van der Waals surface area contributed by atoms with E-state index in [9.17, 15) is 0 Å². The number of para-hydroxylation sites is 1. The van der Waals surface area contributed by atoms with Crippen LogP contribution in [0.25, 0.3) is 0 Å². The van der Waals surface area contributed by atoms with Gasteiger partial charge in [0, 0.05) is 12.4 Å². The summed E-state index contributed by atoms with van der Waals surface area (Å²) in [7, 11) is 0. The summed E-state index contributed by atoms with van der Waals surface area (Å²) in [5.74, 6) is 1.59. The summed E-state index contributed by atoms with van der Waals surface area (Å²) < 4.78 is 5.74. The lowest BCUT2D eigenvalue weighted by Crippen LogP contribution is -1.85. The highest BCUT2D eigenvalue weighted by Gasteiger charge is 1.98. The van der Waals surface area contributed by atoms with Crippen LogP contribution in [0.3, 0.4) is 0 Å². The molecule has 3 rings (SSSR count). The molecule has 0 aliphatic heterocycles. The molecule has 0 atom stereocenters. The van der Waals surface area contributed by atoms with Crippen LogP contribution in [-0.4, -0.2) is 11.2 Å². The van der Waals surface area contributed by atoms with Gasteiger partial charge >= 0.3 is 0 Å². The maximum atomic E-state index is 5.96. The number of pyridine rings is 1. The molecule has 4 heteroatoms. The Morgan fingerprint density at radius 3 is 2.32 bits per heavy atom. The molecule has 0 fully saturated rings. The summed E-state index contributed by atoms with van der Waals surface area (Å²) in [6, 6.07) is 21.0. The van der Waals surface area contributed by atoms with Crippen molar-refractivity contribution in [2.75, 3.05) is 0 Å². The zero-order chi connectivity index (χ0) is 15.2. The van der Waals surface area contributed by atoms with Gasteiger partial charge in [-0.2, -0.15) is 0 Å². The van der Waals surface area contributed by atoms with Gasteiger partial charge in [-0.3, -0.25) is 4.99 Å². The lowest BCUT2D eigenvalue weighted by Gasteiger charge is -2.05. The van der Waals surface area contributed by atoms with Crippen molar-refractivity contribution in [1.29, 1.82) is 0 Å². The first-order valence-electron chi connectivity index (χ1n) is 6.79. The van der Waals surface area contributed by atoms with Crippen LogP contribution in [0.15, 0.2) is 77.9 Å². The molecule has 22 heavy (non-hydrogen) atoms. The number of hydrogen-bond donors (Lipinski definition) is 0. The van der Waals surface area contributed by atoms with E-state index < -0.39 is 0 Å². The quantitative estimate of drug-likeness (QED) is 0.485. The molecule has 0 N–H and O–H groups in total. The van der Waals surface area contributed by atoms with E-state index in [-0.39, 0.29) is 0 Å². The maximum absolute atomic E-state index is 5.96. The Kier molecular flexibility index (Phi) is 4.47. The number of rotatable bonds is 4. The van der Waals surface area contributed by atoms with Crippen molar-refractivity contribution < 1.29 is 4.74 Å². The fourth-order valence-corrected chi connectivity index (χ4v) is 2.03. The van der Waals surface area contributed by atoms with Crippen molar-refractivity contribution in [2.24, 2.45) is 4.99 Å². The predicted molar refractivity (Wildman–Crippen MR) is 89.5 cm³/mol. The molecular weight excluding hydrogens is 296 g/mol. The molecule has 3 nitrogen and oxygen atoms in total. The van der Waals surface area contributed by atoms with E-state index >= 15 is 0 Å². The average molecular weight is 309 g/mol. The number of nitrogens with zero attached hydrogens (tertiary/aromatic N) is 2. The molecule has 3 aromatic rings. The third-order valence-corrected chi connectivity index (χ3v) is 3.24. The van der Waals surface area contributed by atoms with Gasteiger partial charge in [0.2, 0.25) is 0 Å². The fourth-order valence-electron chi connectivity index (χ4n) is 1.86. The minimum Gasteiger partial charge on any atom is -0.457 e. The van der Waals surface area contributed by atoms with E-state index in [0.717, 1.165) is 17.1 Å². The summed E-state index contributed by atoms with van der Waals surface area (Å²) in [5.41, 5.74) is 1.61. The standard InChI is InChI=1S/C18H13ClN2O/c19-18-17(7-4-12-20-18)21-13-14-8-10-16(11-9-14)22-15-5-2-1-3-6-15/h1-13H. The smallest absolute Gasteiger partial charge is 0.154 e. The van der Waals surface area contributed by atoms with Crippen LogP contribution in [-0.2, 0) is 0 Å². The molecule has 0 unspecified atom stereocenters. The molecule has 1 heterocycles. The Bertz CT molecular complexity index is 771. The van der Waals surface area contributed by atoms with Crippen molar-refractivity contribution in [3.8, 4) is 11.5 Å². The van der Waals surface area contributed by atoms with Gasteiger partial charge in [-0.05, 0) is 54.1 Å². The summed E-state index contributed by atoms with van der Waals surface area (Å²) >= 11 is 5.96. The first-order chi connectivity index (χ1) is 10.8. The second-order valence-corrected chi connectivity index (χ2v) is 4.91. The minimum atomic E-state index is 0.391. The Morgan fingerprint density at radius 2 is 1.59 bits per heavy atom. The second-order valence-electron chi connectivity index (χ2n) is 4.56. The summed E-state index contributed by atoms with van der Waals surface area (Å²) in [6.45, 7) is 0. The monoisotopic (exact) mass is 308 g/mol. The predicted octanol–water partition coefficient (Wildman–Crippen LogP) is 5.28. The van der Waals surface area contributed by atoms with Gasteiger partial charge in [0.15, 0.2) is 5.15 Å². The van der Waals surface area contributed by atoms with Crippen LogP contribution >= 0.6 is 11.6 Å². The van der Waals surface area contributed by atoms with Gasteiger partial charge in [-0.1, -0.05) is 29.8 Å². The van der Waals surface area contributed by atoms with Crippen molar-refractivity contribution in [2.45, 2.75) is 0 Å². The lowest BCUT2D eigenvalue weighted by atomic mass is 10.2. The van der Waals surface area contributed by atoms with Crippen LogP contribution in [0.1, 0.15) is 5.56 Å². The molecular formula is C18H13ClN2O. The highest BCUT2D eigenvalue weighted by atomic mass is 35.5. The van der Waals surface area contributed by atoms with E-state index in [2.05, 4.69) is 9.98 Å². The van der Waals surface area contributed by atoms with E-state index in [1.54, 1.807) is 18.5 Å².